The van der Waals surface area contributed by atoms with Gasteiger partial charge in [-0.2, -0.15) is 0 Å². The van der Waals surface area contributed by atoms with Crippen LogP contribution in [0.4, 0.5) is 9.18 Å². The molecule has 1 unspecified atom stereocenters. The molecule has 2 heterocycles. The minimum atomic E-state index is -0.680. The highest BCUT2D eigenvalue weighted by atomic mass is 19.1. The van der Waals surface area contributed by atoms with Gasteiger partial charge in [0, 0.05) is 32.3 Å². The van der Waals surface area contributed by atoms with Crippen LogP contribution in [0.2, 0.25) is 0 Å². The fourth-order valence-corrected chi connectivity index (χ4v) is 3.90. The Morgan fingerprint density at radius 3 is 2.69 bits per heavy atom. The Hall–Kier alpha value is -3.68. The average Bonchev–Trinajstić information content (AvgIpc) is 3.31. The molecular formula is C24H25FN4O3. The highest BCUT2D eigenvalue weighted by Crippen LogP contribution is 2.17. The number of rotatable bonds is 9. The average molecular weight is 436 g/mol. The van der Waals surface area contributed by atoms with Crippen LogP contribution in [-0.2, 0) is 22.6 Å². The second-order valence-corrected chi connectivity index (χ2v) is 7.83. The van der Waals surface area contributed by atoms with E-state index in [1.807, 2.05) is 47.2 Å². The van der Waals surface area contributed by atoms with E-state index in [0.717, 1.165) is 16.5 Å². The molecule has 0 bridgehead atoms. The molecule has 1 aromatic heterocycles. The van der Waals surface area contributed by atoms with E-state index in [1.165, 1.54) is 17.0 Å². The Bertz CT molecular complexity index is 1130. The van der Waals surface area contributed by atoms with Crippen LogP contribution in [0, 0.1) is 5.82 Å². The predicted molar refractivity (Wildman–Crippen MR) is 118 cm³/mol. The van der Waals surface area contributed by atoms with Gasteiger partial charge in [0.25, 0.3) is 5.91 Å². The lowest BCUT2D eigenvalue weighted by Crippen LogP contribution is -2.34. The van der Waals surface area contributed by atoms with Gasteiger partial charge < -0.3 is 15.2 Å². The fraction of sp³-hybridized carbons (Fsp3) is 0.292. The molecule has 4 rings (SSSR count). The van der Waals surface area contributed by atoms with Crippen molar-refractivity contribution in [1.82, 2.24) is 20.1 Å². The van der Waals surface area contributed by atoms with Crippen LogP contribution in [0.15, 0.2) is 60.8 Å². The van der Waals surface area contributed by atoms with Gasteiger partial charge in [0.05, 0.1) is 5.52 Å². The van der Waals surface area contributed by atoms with Crippen LogP contribution in [0.3, 0.4) is 0 Å². The third-order valence-corrected chi connectivity index (χ3v) is 5.64. The monoisotopic (exact) mass is 436 g/mol. The first-order valence-corrected chi connectivity index (χ1v) is 10.7. The van der Waals surface area contributed by atoms with E-state index in [0.29, 0.717) is 26.1 Å². The first-order valence-electron chi connectivity index (χ1n) is 10.7. The molecule has 7 nitrogen and oxygen atoms in total. The Kier molecular flexibility index (Phi) is 6.49. The molecule has 4 amide bonds. The molecule has 3 aromatic rings. The normalized spacial score (nSPS) is 15.9. The van der Waals surface area contributed by atoms with E-state index in [-0.39, 0.29) is 30.5 Å². The van der Waals surface area contributed by atoms with Crippen LogP contribution >= 0.6 is 0 Å². The van der Waals surface area contributed by atoms with Crippen LogP contribution in [-0.4, -0.2) is 46.4 Å². The van der Waals surface area contributed by atoms with Crippen molar-refractivity contribution in [3.8, 4) is 0 Å². The topological polar surface area (TPSA) is 83.4 Å². The molecule has 1 aliphatic heterocycles. The summed E-state index contributed by atoms with van der Waals surface area (Å²) in [6, 6.07) is 15.1. The Morgan fingerprint density at radius 2 is 1.88 bits per heavy atom. The molecule has 8 heteroatoms. The molecule has 0 aliphatic carbocycles. The van der Waals surface area contributed by atoms with E-state index in [4.69, 9.17) is 0 Å². The van der Waals surface area contributed by atoms with Crippen molar-refractivity contribution in [3.05, 3.63) is 72.2 Å². The molecule has 1 saturated heterocycles. The van der Waals surface area contributed by atoms with Crippen molar-refractivity contribution >= 4 is 28.7 Å². The number of nitrogens with zero attached hydrogens (tertiary/aromatic N) is 2. The van der Waals surface area contributed by atoms with Crippen molar-refractivity contribution in [2.45, 2.75) is 31.8 Å². The van der Waals surface area contributed by atoms with E-state index in [1.54, 1.807) is 6.07 Å². The number of fused-ring (bicyclic) bond motifs is 1. The zero-order valence-corrected chi connectivity index (χ0v) is 17.6. The van der Waals surface area contributed by atoms with Crippen molar-refractivity contribution in [2.24, 2.45) is 0 Å². The molecule has 1 aliphatic rings. The summed E-state index contributed by atoms with van der Waals surface area (Å²) < 4.78 is 15.3. The van der Waals surface area contributed by atoms with Crippen molar-refractivity contribution in [3.63, 3.8) is 0 Å². The first-order chi connectivity index (χ1) is 15.5. The lowest BCUT2D eigenvalue weighted by molar-refractivity contribution is -0.127. The molecule has 2 aromatic carbocycles. The second-order valence-electron chi connectivity index (χ2n) is 7.83. The number of hydrogen-bond donors (Lipinski definition) is 2. The second kappa shape index (κ2) is 9.64. The fourth-order valence-electron chi connectivity index (χ4n) is 3.90. The van der Waals surface area contributed by atoms with Gasteiger partial charge in [-0.15, -0.1) is 0 Å². The number of nitrogens with one attached hydrogen (secondary N) is 2. The number of urea groups is 1. The SMILES string of the molecule is O=C(CCC1NC(=O)N(CCc2ccccc2)C1=O)NCCn1ccc2ccc(F)cc21. The first kappa shape index (κ1) is 21.5. The molecule has 0 radical (unpaired) electrons. The maximum atomic E-state index is 13.5. The molecule has 32 heavy (non-hydrogen) atoms. The van der Waals surface area contributed by atoms with Crippen molar-refractivity contribution in [2.75, 3.05) is 13.1 Å². The summed E-state index contributed by atoms with van der Waals surface area (Å²) in [5.74, 6) is -0.792. The van der Waals surface area contributed by atoms with Crippen LogP contribution in [0.25, 0.3) is 10.9 Å². The molecule has 2 N–H and O–H groups in total. The Morgan fingerprint density at radius 1 is 1.06 bits per heavy atom. The van der Waals surface area contributed by atoms with Gasteiger partial charge in [-0.05, 0) is 48.1 Å². The van der Waals surface area contributed by atoms with Gasteiger partial charge in [0.2, 0.25) is 5.91 Å². The Labute approximate surface area is 185 Å². The Balaban J connectivity index is 1.21. The maximum absolute atomic E-state index is 13.5. The minimum Gasteiger partial charge on any atom is -0.354 e. The molecule has 1 atom stereocenters. The summed E-state index contributed by atoms with van der Waals surface area (Å²) in [6.45, 7) is 1.20. The van der Waals surface area contributed by atoms with Crippen molar-refractivity contribution in [1.29, 1.82) is 0 Å². The van der Waals surface area contributed by atoms with Crippen LogP contribution in [0.5, 0.6) is 0 Å². The van der Waals surface area contributed by atoms with Gasteiger partial charge >= 0.3 is 6.03 Å². The molecule has 1 fully saturated rings. The molecule has 0 saturated carbocycles. The largest absolute Gasteiger partial charge is 0.354 e. The summed E-state index contributed by atoms with van der Waals surface area (Å²) in [6.07, 6.45) is 2.82. The van der Waals surface area contributed by atoms with E-state index < -0.39 is 12.1 Å². The van der Waals surface area contributed by atoms with E-state index >= 15 is 0 Å². The van der Waals surface area contributed by atoms with E-state index in [2.05, 4.69) is 10.6 Å². The predicted octanol–water partition coefficient (Wildman–Crippen LogP) is 2.84. The van der Waals surface area contributed by atoms with Gasteiger partial charge in [-0.1, -0.05) is 30.3 Å². The van der Waals surface area contributed by atoms with Gasteiger partial charge in [0.15, 0.2) is 0 Å². The third kappa shape index (κ3) is 4.96. The number of carbonyl (C=O) groups excluding carboxylic acids is 3. The summed E-state index contributed by atoms with van der Waals surface area (Å²) >= 11 is 0. The highest BCUT2D eigenvalue weighted by molar-refractivity contribution is 6.04. The number of imide groups is 1. The van der Waals surface area contributed by atoms with Crippen LogP contribution < -0.4 is 10.6 Å². The number of carbonyl (C=O) groups is 3. The van der Waals surface area contributed by atoms with Crippen molar-refractivity contribution < 1.29 is 18.8 Å². The standard InChI is InChI=1S/C24H25FN4O3/c25-19-7-6-18-11-13-28(21(18)16-19)15-12-26-22(30)9-8-20-23(31)29(24(32)27-20)14-10-17-4-2-1-3-5-17/h1-7,11,13,16,20H,8-10,12,14-15H2,(H,26,30)(H,27,32). The van der Waals surface area contributed by atoms with E-state index in [9.17, 15) is 18.8 Å². The number of benzene rings is 2. The molecule has 166 valence electrons. The maximum Gasteiger partial charge on any atom is 0.324 e. The smallest absolute Gasteiger partial charge is 0.324 e. The summed E-state index contributed by atoms with van der Waals surface area (Å²) in [4.78, 5) is 38.1. The zero-order chi connectivity index (χ0) is 22.5. The van der Waals surface area contributed by atoms with Gasteiger partial charge in [-0.25, -0.2) is 9.18 Å². The molecule has 0 spiro atoms. The quantitative estimate of drug-likeness (QED) is 0.506. The number of halogens is 1. The summed E-state index contributed by atoms with van der Waals surface area (Å²) in [5.41, 5.74) is 1.82. The summed E-state index contributed by atoms with van der Waals surface area (Å²) in [7, 11) is 0. The lowest BCUT2D eigenvalue weighted by atomic mass is 10.1. The lowest BCUT2D eigenvalue weighted by Gasteiger charge is -2.13. The number of amides is 4. The van der Waals surface area contributed by atoms with Crippen LogP contribution in [0.1, 0.15) is 18.4 Å². The molecular weight excluding hydrogens is 411 g/mol. The minimum absolute atomic E-state index is 0.129. The summed E-state index contributed by atoms with van der Waals surface area (Å²) in [5, 5.41) is 6.42. The van der Waals surface area contributed by atoms with Gasteiger partial charge in [0.1, 0.15) is 11.9 Å². The highest BCUT2D eigenvalue weighted by Gasteiger charge is 2.37. The van der Waals surface area contributed by atoms with Gasteiger partial charge in [-0.3, -0.25) is 14.5 Å². The number of hydrogen-bond acceptors (Lipinski definition) is 3. The third-order valence-electron chi connectivity index (χ3n) is 5.64. The zero-order valence-electron chi connectivity index (χ0n) is 17.6. The number of aromatic nitrogens is 1.